The molecule has 0 spiro atoms. The largest absolute Gasteiger partial charge is 0.458 e. The minimum absolute atomic E-state index is 0.0510. The Morgan fingerprint density at radius 2 is 2.20 bits per heavy atom. The Balaban J connectivity index is 2.06. The molecule has 0 saturated carbocycles. The number of nitrogens with one attached hydrogen (secondary N) is 1. The Morgan fingerprint density at radius 3 is 2.73 bits per heavy atom. The van der Waals surface area contributed by atoms with Gasteiger partial charge < -0.3 is 14.8 Å². The first-order valence-corrected chi connectivity index (χ1v) is 5.50. The second-order valence-corrected chi connectivity index (χ2v) is 4.89. The van der Waals surface area contributed by atoms with Crippen LogP contribution < -0.4 is 5.32 Å². The van der Waals surface area contributed by atoms with Crippen molar-refractivity contribution in [1.29, 1.82) is 0 Å². The summed E-state index contributed by atoms with van der Waals surface area (Å²) in [6.07, 6.45) is 2.33. The van der Waals surface area contributed by atoms with Gasteiger partial charge in [0, 0.05) is 6.04 Å². The van der Waals surface area contributed by atoms with E-state index in [9.17, 15) is 4.79 Å². The van der Waals surface area contributed by atoms with Crippen LogP contribution in [0.2, 0.25) is 0 Å². The molecule has 1 rings (SSSR count). The highest BCUT2D eigenvalue weighted by Gasteiger charge is 2.18. The summed E-state index contributed by atoms with van der Waals surface area (Å²) < 4.78 is 10.4. The lowest BCUT2D eigenvalue weighted by atomic mass is 10.2. The maximum absolute atomic E-state index is 11.3. The second kappa shape index (κ2) is 5.47. The lowest BCUT2D eigenvalue weighted by molar-refractivity contribution is -0.160. The summed E-state index contributed by atoms with van der Waals surface area (Å²) in [6.45, 7) is 7.26. The van der Waals surface area contributed by atoms with Crippen LogP contribution in [-0.4, -0.2) is 37.4 Å². The fourth-order valence-corrected chi connectivity index (χ4v) is 1.55. The van der Waals surface area contributed by atoms with Crippen molar-refractivity contribution >= 4 is 5.97 Å². The molecule has 0 aromatic heterocycles. The molecule has 0 aliphatic carbocycles. The van der Waals surface area contributed by atoms with Crippen molar-refractivity contribution in [2.24, 2.45) is 0 Å². The summed E-state index contributed by atoms with van der Waals surface area (Å²) in [5.41, 5.74) is -0.425. The van der Waals surface area contributed by atoms with Gasteiger partial charge in [0.05, 0.1) is 6.61 Å². The quantitative estimate of drug-likeness (QED) is 0.713. The van der Waals surface area contributed by atoms with Crippen molar-refractivity contribution in [3.63, 3.8) is 0 Å². The zero-order valence-corrected chi connectivity index (χ0v) is 9.84. The number of rotatable bonds is 4. The predicted octanol–water partition coefficient (Wildman–Crippen LogP) is 1.10. The fraction of sp³-hybridized carbons (Fsp3) is 0.909. The van der Waals surface area contributed by atoms with E-state index in [-0.39, 0.29) is 12.6 Å². The standard InChI is InChI=1S/C11H21NO3/c1-11(2,3)15-10(13)8-14-7-9-5-4-6-12-9/h9,12H,4-8H2,1-3H3/t9-/m1/s1. The summed E-state index contributed by atoms with van der Waals surface area (Å²) in [7, 11) is 0. The molecule has 0 aromatic rings. The van der Waals surface area contributed by atoms with E-state index in [1.54, 1.807) is 0 Å². The van der Waals surface area contributed by atoms with E-state index in [0.717, 1.165) is 13.0 Å². The summed E-state index contributed by atoms with van der Waals surface area (Å²) >= 11 is 0. The smallest absolute Gasteiger partial charge is 0.332 e. The van der Waals surface area contributed by atoms with Crippen molar-refractivity contribution in [3.05, 3.63) is 0 Å². The third-order valence-electron chi connectivity index (χ3n) is 2.12. The van der Waals surface area contributed by atoms with Crippen LogP contribution in [0.25, 0.3) is 0 Å². The fourth-order valence-electron chi connectivity index (χ4n) is 1.55. The molecule has 1 aliphatic heterocycles. The van der Waals surface area contributed by atoms with Crippen LogP contribution >= 0.6 is 0 Å². The molecule has 4 heteroatoms. The van der Waals surface area contributed by atoms with Crippen molar-refractivity contribution in [1.82, 2.24) is 5.32 Å². The summed E-state index contributed by atoms with van der Waals surface area (Å²) in [5, 5.41) is 3.30. The molecule has 4 nitrogen and oxygen atoms in total. The van der Waals surface area contributed by atoms with E-state index in [0.29, 0.717) is 12.6 Å². The van der Waals surface area contributed by atoms with Crippen LogP contribution in [0, 0.1) is 0 Å². The van der Waals surface area contributed by atoms with E-state index in [2.05, 4.69) is 5.32 Å². The number of hydrogen-bond donors (Lipinski definition) is 1. The lowest BCUT2D eigenvalue weighted by Crippen LogP contribution is -2.30. The molecule has 1 N–H and O–H groups in total. The second-order valence-electron chi connectivity index (χ2n) is 4.89. The summed E-state index contributed by atoms with van der Waals surface area (Å²) in [5.74, 6) is -0.291. The van der Waals surface area contributed by atoms with Gasteiger partial charge in [0.1, 0.15) is 12.2 Å². The Labute approximate surface area is 91.3 Å². The Bertz CT molecular complexity index is 204. The van der Waals surface area contributed by atoms with Crippen molar-refractivity contribution in [2.75, 3.05) is 19.8 Å². The molecule has 0 bridgehead atoms. The molecule has 1 aliphatic rings. The van der Waals surface area contributed by atoms with Crippen LogP contribution in [0.3, 0.4) is 0 Å². The molecule has 15 heavy (non-hydrogen) atoms. The Kier molecular flexibility index (Phi) is 4.54. The number of ether oxygens (including phenoxy) is 2. The van der Waals surface area contributed by atoms with Crippen LogP contribution in [-0.2, 0) is 14.3 Å². The van der Waals surface area contributed by atoms with Gasteiger partial charge in [0.15, 0.2) is 0 Å². The summed E-state index contributed by atoms with van der Waals surface area (Å²) in [4.78, 5) is 11.3. The molecule has 1 fully saturated rings. The first-order chi connectivity index (χ1) is 6.97. The SMILES string of the molecule is CC(C)(C)OC(=O)COC[C@H]1CCCN1. The molecule has 1 atom stereocenters. The molecule has 1 heterocycles. The molecule has 0 amide bonds. The van der Waals surface area contributed by atoms with Crippen molar-refractivity contribution < 1.29 is 14.3 Å². The van der Waals surface area contributed by atoms with E-state index < -0.39 is 5.60 Å². The highest BCUT2D eigenvalue weighted by Crippen LogP contribution is 2.08. The lowest BCUT2D eigenvalue weighted by Gasteiger charge is -2.19. The number of carbonyl (C=O) groups excluding carboxylic acids is 1. The molecular formula is C11H21NO3. The van der Waals surface area contributed by atoms with Gasteiger partial charge in [-0.1, -0.05) is 0 Å². The Morgan fingerprint density at radius 1 is 1.47 bits per heavy atom. The zero-order valence-electron chi connectivity index (χ0n) is 9.84. The maximum Gasteiger partial charge on any atom is 0.332 e. The third kappa shape index (κ3) is 5.74. The van der Waals surface area contributed by atoms with Crippen molar-refractivity contribution in [2.45, 2.75) is 45.3 Å². The normalized spacial score (nSPS) is 21.7. The number of hydrogen-bond acceptors (Lipinski definition) is 4. The van der Waals surface area contributed by atoms with Gasteiger partial charge in [0.25, 0.3) is 0 Å². The van der Waals surface area contributed by atoms with Crippen molar-refractivity contribution in [3.8, 4) is 0 Å². The van der Waals surface area contributed by atoms with Crippen LogP contribution in [0.1, 0.15) is 33.6 Å². The van der Waals surface area contributed by atoms with E-state index in [1.165, 1.54) is 6.42 Å². The molecule has 0 radical (unpaired) electrons. The average molecular weight is 215 g/mol. The van der Waals surface area contributed by atoms with Gasteiger partial charge in [-0.05, 0) is 40.2 Å². The van der Waals surface area contributed by atoms with Crippen LogP contribution in [0.15, 0.2) is 0 Å². The molecular weight excluding hydrogens is 194 g/mol. The van der Waals surface area contributed by atoms with Crippen LogP contribution in [0.5, 0.6) is 0 Å². The molecule has 1 saturated heterocycles. The highest BCUT2D eigenvalue weighted by atomic mass is 16.6. The number of carbonyl (C=O) groups is 1. The minimum atomic E-state index is -0.425. The van der Waals surface area contributed by atoms with E-state index in [4.69, 9.17) is 9.47 Å². The molecule has 0 unspecified atom stereocenters. The summed E-state index contributed by atoms with van der Waals surface area (Å²) in [6, 6.07) is 0.410. The van der Waals surface area contributed by atoms with E-state index >= 15 is 0 Å². The zero-order chi connectivity index (χ0) is 11.3. The minimum Gasteiger partial charge on any atom is -0.458 e. The Hall–Kier alpha value is -0.610. The first kappa shape index (κ1) is 12.5. The van der Waals surface area contributed by atoms with Crippen LogP contribution in [0.4, 0.5) is 0 Å². The van der Waals surface area contributed by atoms with Gasteiger partial charge >= 0.3 is 5.97 Å². The average Bonchev–Trinajstić information content (AvgIpc) is 2.53. The van der Waals surface area contributed by atoms with Gasteiger partial charge in [-0.25, -0.2) is 4.79 Å². The number of esters is 1. The van der Waals surface area contributed by atoms with Gasteiger partial charge in [-0.2, -0.15) is 0 Å². The molecule has 88 valence electrons. The monoisotopic (exact) mass is 215 g/mol. The maximum atomic E-state index is 11.3. The first-order valence-electron chi connectivity index (χ1n) is 5.50. The third-order valence-corrected chi connectivity index (χ3v) is 2.12. The molecule has 0 aromatic carbocycles. The van der Waals surface area contributed by atoms with Gasteiger partial charge in [-0.15, -0.1) is 0 Å². The van der Waals surface area contributed by atoms with Gasteiger partial charge in [-0.3, -0.25) is 0 Å². The van der Waals surface area contributed by atoms with Gasteiger partial charge in [0.2, 0.25) is 0 Å². The highest BCUT2D eigenvalue weighted by molar-refractivity contribution is 5.71. The topological polar surface area (TPSA) is 47.6 Å². The predicted molar refractivity (Wildman–Crippen MR) is 57.7 cm³/mol. The van der Waals surface area contributed by atoms with E-state index in [1.807, 2.05) is 20.8 Å².